The molecule has 1 spiro atoms. The number of hydrogen-bond donors (Lipinski definition) is 2. The molecule has 2 saturated heterocycles. The molecule has 0 radical (unpaired) electrons. The lowest BCUT2D eigenvalue weighted by Crippen LogP contribution is -2.34. The van der Waals surface area contributed by atoms with Crippen LogP contribution in [-0.4, -0.2) is 43.5 Å². The van der Waals surface area contributed by atoms with E-state index in [2.05, 4.69) is 15.5 Å². The van der Waals surface area contributed by atoms with Crippen LogP contribution in [0.1, 0.15) is 12.8 Å². The van der Waals surface area contributed by atoms with Gasteiger partial charge in [0.25, 0.3) is 0 Å². The Hall–Kier alpha value is -0.810. The Morgan fingerprint density at radius 1 is 1.33 bits per heavy atom. The summed E-state index contributed by atoms with van der Waals surface area (Å²) >= 11 is 11.8. The van der Waals surface area contributed by atoms with Gasteiger partial charge in [-0.15, -0.1) is 0 Å². The Kier molecular flexibility index (Phi) is 4.41. The average molecular weight is 328 g/mol. The summed E-state index contributed by atoms with van der Waals surface area (Å²) in [6.07, 6.45) is 2.40. The van der Waals surface area contributed by atoms with Crippen LogP contribution in [0.2, 0.25) is 10.0 Å². The molecule has 2 aliphatic heterocycles. The predicted molar refractivity (Wildman–Crippen MR) is 86.1 cm³/mol. The van der Waals surface area contributed by atoms with Crippen molar-refractivity contribution < 1.29 is 4.79 Å². The fourth-order valence-electron chi connectivity index (χ4n) is 3.28. The molecule has 3 rings (SSSR count). The van der Waals surface area contributed by atoms with E-state index in [0.717, 1.165) is 26.2 Å². The first-order valence-electron chi connectivity index (χ1n) is 7.24. The molecule has 114 valence electrons. The van der Waals surface area contributed by atoms with Crippen molar-refractivity contribution in [2.24, 2.45) is 5.41 Å². The highest BCUT2D eigenvalue weighted by atomic mass is 35.5. The minimum atomic E-state index is -0.00334. The summed E-state index contributed by atoms with van der Waals surface area (Å²) in [7, 11) is 0. The minimum absolute atomic E-state index is 0.00334. The van der Waals surface area contributed by atoms with Crippen molar-refractivity contribution in [2.45, 2.75) is 12.8 Å². The van der Waals surface area contributed by atoms with Crippen molar-refractivity contribution in [2.75, 3.05) is 38.0 Å². The molecular weight excluding hydrogens is 309 g/mol. The maximum absolute atomic E-state index is 12.1. The first-order valence-corrected chi connectivity index (χ1v) is 8.00. The average Bonchev–Trinajstić information content (AvgIpc) is 3.05. The van der Waals surface area contributed by atoms with E-state index >= 15 is 0 Å². The van der Waals surface area contributed by atoms with Crippen molar-refractivity contribution >= 4 is 34.8 Å². The molecule has 4 nitrogen and oxygen atoms in total. The Labute approximate surface area is 134 Å². The maximum atomic E-state index is 12.1. The number of likely N-dealkylation sites (tertiary alicyclic amines) is 1. The highest BCUT2D eigenvalue weighted by molar-refractivity contribution is 6.42. The highest BCUT2D eigenvalue weighted by Crippen LogP contribution is 2.35. The van der Waals surface area contributed by atoms with Gasteiger partial charge in [0, 0.05) is 18.8 Å². The molecule has 21 heavy (non-hydrogen) atoms. The zero-order valence-electron chi connectivity index (χ0n) is 11.8. The van der Waals surface area contributed by atoms with E-state index < -0.39 is 0 Å². The van der Waals surface area contributed by atoms with Gasteiger partial charge in [0.1, 0.15) is 0 Å². The smallest absolute Gasteiger partial charge is 0.238 e. The van der Waals surface area contributed by atoms with E-state index in [1.165, 1.54) is 12.8 Å². The number of amides is 1. The molecule has 0 aliphatic carbocycles. The van der Waals surface area contributed by atoms with E-state index in [9.17, 15) is 4.79 Å². The molecule has 2 fully saturated rings. The SMILES string of the molecule is O=C(CN1CCC2(CCNC2)C1)Nc1ccc(Cl)c(Cl)c1. The number of anilines is 1. The first-order chi connectivity index (χ1) is 10.1. The molecule has 2 aliphatic rings. The second kappa shape index (κ2) is 6.13. The first kappa shape index (κ1) is 15.1. The highest BCUT2D eigenvalue weighted by Gasteiger charge is 2.40. The van der Waals surface area contributed by atoms with Crippen molar-refractivity contribution in [3.05, 3.63) is 28.2 Å². The van der Waals surface area contributed by atoms with Gasteiger partial charge in [-0.05, 0) is 49.5 Å². The van der Waals surface area contributed by atoms with Crippen LogP contribution < -0.4 is 10.6 Å². The maximum Gasteiger partial charge on any atom is 0.238 e. The van der Waals surface area contributed by atoms with E-state index in [1.807, 2.05) is 0 Å². The number of rotatable bonds is 3. The molecule has 1 amide bonds. The molecule has 2 N–H and O–H groups in total. The van der Waals surface area contributed by atoms with Gasteiger partial charge in [-0.3, -0.25) is 9.69 Å². The van der Waals surface area contributed by atoms with E-state index in [4.69, 9.17) is 23.2 Å². The standard InChI is InChI=1S/C15H19Cl2N3O/c16-12-2-1-11(7-13(12)17)19-14(21)8-20-6-4-15(10-20)3-5-18-9-15/h1-2,7,18H,3-6,8-10H2,(H,19,21). The van der Waals surface area contributed by atoms with Crippen LogP contribution in [0.4, 0.5) is 5.69 Å². The Morgan fingerprint density at radius 3 is 2.90 bits per heavy atom. The second-order valence-electron chi connectivity index (χ2n) is 6.06. The number of carbonyl (C=O) groups excluding carboxylic acids is 1. The van der Waals surface area contributed by atoms with Gasteiger partial charge in [0.15, 0.2) is 0 Å². The van der Waals surface area contributed by atoms with Gasteiger partial charge in [-0.2, -0.15) is 0 Å². The normalized spacial score (nSPS) is 25.6. The largest absolute Gasteiger partial charge is 0.325 e. The molecule has 2 heterocycles. The number of nitrogens with one attached hydrogen (secondary N) is 2. The molecule has 0 bridgehead atoms. The molecule has 0 saturated carbocycles. The third-order valence-corrected chi connectivity index (χ3v) is 5.16. The van der Waals surface area contributed by atoms with Crippen molar-refractivity contribution in [1.29, 1.82) is 0 Å². The number of carbonyl (C=O) groups is 1. The van der Waals surface area contributed by atoms with Crippen LogP contribution in [-0.2, 0) is 4.79 Å². The molecule has 6 heteroatoms. The van der Waals surface area contributed by atoms with Crippen LogP contribution in [0.15, 0.2) is 18.2 Å². The van der Waals surface area contributed by atoms with Crippen molar-refractivity contribution in [1.82, 2.24) is 10.2 Å². The summed E-state index contributed by atoms with van der Waals surface area (Å²) in [5, 5.41) is 7.24. The van der Waals surface area contributed by atoms with Gasteiger partial charge < -0.3 is 10.6 Å². The summed E-state index contributed by atoms with van der Waals surface area (Å²) in [6, 6.07) is 5.13. The molecule has 1 unspecified atom stereocenters. The third-order valence-electron chi connectivity index (χ3n) is 4.42. The summed E-state index contributed by atoms with van der Waals surface area (Å²) in [4.78, 5) is 14.4. The van der Waals surface area contributed by atoms with Gasteiger partial charge in [-0.1, -0.05) is 23.2 Å². The number of nitrogens with zero attached hydrogens (tertiary/aromatic N) is 1. The molecule has 0 aromatic heterocycles. The van der Waals surface area contributed by atoms with Crippen molar-refractivity contribution in [3.8, 4) is 0 Å². The van der Waals surface area contributed by atoms with Crippen LogP contribution in [0, 0.1) is 5.41 Å². The van der Waals surface area contributed by atoms with Gasteiger partial charge in [0.2, 0.25) is 5.91 Å². The third kappa shape index (κ3) is 3.51. The summed E-state index contributed by atoms with van der Waals surface area (Å²) in [5.41, 5.74) is 1.08. The molecule has 1 aromatic carbocycles. The molecule has 1 aromatic rings. The monoisotopic (exact) mass is 327 g/mol. The lowest BCUT2D eigenvalue weighted by Gasteiger charge is -2.22. The van der Waals surface area contributed by atoms with Gasteiger partial charge in [0.05, 0.1) is 16.6 Å². The zero-order chi connectivity index (χ0) is 14.9. The summed E-state index contributed by atoms with van der Waals surface area (Å²) in [6.45, 7) is 4.62. The number of halogens is 2. The number of hydrogen-bond acceptors (Lipinski definition) is 3. The number of benzene rings is 1. The van der Waals surface area contributed by atoms with E-state index in [1.54, 1.807) is 18.2 Å². The van der Waals surface area contributed by atoms with Gasteiger partial charge in [-0.25, -0.2) is 0 Å². The lowest BCUT2D eigenvalue weighted by molar-refractivity contribution is -0.117. The van der Waals surface area contributed by atoms with Crippen LogP contribution in [0.3, 0.4) is 0 Å². The molecular formula is C15H19Cl2N3O. The summed E-state index contributed by atoms with van der Waals surface area (Å²) < 4.78 is 0. The topological polar surface area (TPSA) is 44.4 Å². The van der Waals surface area contributed by atoms with E-state index in [0.29, 0.717) is 27.7 Å². The quantitative estimate of drug-likeness (QED) is 0.896. The zero-order valence-corrected chi connectivity index (χ0v) is 13.3. The summed E-state index contributed by atoms with van der Waals surface area (Å²) in [5.74, 6) is -0.00334. The Bertz CT molecular complexity index is 544. The fraction of sp³-hybridized carbons (Fsp3) is 0.533. The molecule has 1 atom stereocenters. The van der Waals surface area contributed by atoms with Crippen LogP contribution in [0.5, 0.6) is 0 Å². The van der Waals surface area contributed by atoms with Crippen LogP contribution in [0.25, 0.3) is 0 Å². The minimum Gasteiger partial charge on any atom is -0.325 e. The van der Waals surface area contributed by atoms with Crippen molar-refractivity contribution in [3.63, 3.8) is 0 Å². The van der Waals surface area contributed by atoms with E-state index in [-0.39, 0.29) is 5.91 Å². The second-order valence-corrected chi connectivity index (χ2v) is 6.88. The fourth-order valence-corrected chi connectivity index (χ4v) is 3.58. The Balaban J connectivity index is 1.53. The Morgan fingerprint density at radius 2 is 2.19 bits per heavy atom. The predicted octanol–water partition coefficient (Wildman–Crippen LogP) is 2.62. The van der Waals surface area contributed by atoms with Crippen LogP contribution >= 0.6 is 23.2 Å². The van der Waals surface area contributed by atoms with Gasteiger partial charge >= 0.3 is 0 Å². The lowest BCUT2D eigenvalue weighted by atomic mass is 9.87.